The zero-order valence-corrected chi connectivity index (χ0v) is 12.6. The number of rotatable bonds is 1. The maximum absolute atomic E-state index is 12.8. The maximum Gasteiger partial charge on any atom is 0.198 e. The van der Waals surface area contributed by atoms with E-state index in [2.05, 4.69) is 0 Å². The monoisotopic (exact) mass is 306 g/mol. The first-order chi connectivity index (χ1) is 11.1. The van der Waals surface area contributed by atoms with Gasteiger partial charge in [-0.2, -0.15) is 0 Å². The molecule has 4 heteroatoms. The van der Waals surface area contributed by atoms with Crippen LogP contribution in [0.3, 0.4) is 0 Å². The predicted octanol–water partition coefficient (Wildman–Crippen LogP) is 3.35. The zero-order valence-electron chi connectivity index (χ0n) is 12.6. The molecule has 0 unspecified atom stereocenters. The number of ketones is 2. The van der Waals surface area contributed by atoms with Gasteiger partial charge >= 0.3 is 0 Å². The Balaban J connectivity index is 2.03. The first-order valence-corrected chi connectivity index (χ1v) is 7.54. The van der Waals surface area contributed by atoms with Crippen molar-refractivity contribution in [2.45, 2.75) is 13.3 Å². The fraction of sp³-hybridized carbons (Fsp3) is 0.158. The van der Waals surface area contributed by atoms with Gasteiger partial charge in [-0.3, -0.25) is 9.59 Å². The van der Waals surface area contributed by atoms with Gasteiger partial charge in [0.15, 0.2) is 23.1 Å². The number of hydrogen-bond donors (Lipinski definition) is 1. The number of allylic oxidation sites excluding steroid dienone is 1. The lowest BCUT2D eigenvalue weighted by Gasteiger charge is -2.24. The number of fused-ring (bicyclic) bond motifs is 3. The Morgan fingerprint density at radius 1 is 1.04 bits per heavy atom. The summed E-state index contributed by atoms with van der Waals surface area (Å²) in [7, 11) is 0. The summed E-state index contributed by atoms with van der Waals surface area (Å²) in [6.45, 7) is 2.35. The molecule has 1 N–H and O–H groups in total. The van der Waals surface area contributed by atoms with Crippen molar-refractivity contribution >= 4 is 17.1 Å². The van der Waals surface area contributed by atoms with Gasteiger partial charge in [0.1, 0.15) is 6.61 Å². The molecule has 2 aliphatic rings. The smallest absolute Gasteiger partial charge is 0.198 e. The SMILES string of the molecule is CCC1=CCOc2c1cc1c(c2O)C(=O)c2ccccc2C1=O. The van der Waals surface area contributed by atoms with E-state index < -0.39 is 0 Å². The zero-order chi connectivity index (χ0) is 16.1. The second kappa shape index (κ2) is 4.81. The van der Waals surface area contributed by atoms with Crippen molar-refractivity contribution < 1.29 is 19.4 Å². The number of carbonyl (C=O) groups excluding carboxylic acids is 2. The van der Waals surface area contributed by atoms with Crippen LogP contribution in [0.2, 0.25) is 0 Å². The van der Waals surface area contributed by atoms with Crippen molar-refractivity contribution in [3.8, 4) is 11.5 Å². The molecule has 114 valence electrons. The summed E-state index contributed by atoms with van der Waals surface area (Å²) in [5, 5.41) is 10.6. The molecular formula is C19H14O4. The molecule has 0 aromatic heterocycles. The summed E-state index contributed by atoms with van der Waals surface area (Å²) < 4.78 is 5.53. The first kappa shape index (κ1) is 13.8. The van der Waals surface area contributed by atoms with Crippen molar-refractivity contribution in [2.24, 2.45) is 0 Å². The second-order valence-corrected chi connectivity index (χ2v) is 5.62. The minimum Gasteiger partial charge on any atom is -0.504 e. The quantitative estimate of drug-likeness (QED) is 0.749. The molecule has 4 rings (SSSR count). The van der Waals surface area contributed by atoms with Crippen LogP contribution in [0, 0.1) is 0 Å². The number of phenolic OH excluding ortho intramolecular Hbond substituents is 1. The van der Waals surface area contributed by atoms with Gasteiger partial charge < -0.3 is 9.84 Å². The highest BCUT2D eigenvalue weighted by molar-refractivity contribution is 6.29. The molecule has 1 aliphatic carbocycles. The van der Waals surface area contributed by atoms with Crippen molar-refractivity contribution in [1.82, 2.24) is 0 Å². The van der Waals surface area contributed by atoms with Crippen LogP contribution >= 0.6 is 0 Å². The first-order valence-electron chi connectivity index (χ1n) is 7.54. The van der Waals surface area contributed by atoms with E-state index in [1.807, 2.05) is 13.0 Å². The third-order valence-corrected chi connectivity index (χ3v) is 4.43. The third kappa shape index (κ3) is 1.78. The van der Waals surface area contributed by atoms with E-state index in [1.165, 1.54) is 0 Å². The molecule has 0 saturated heterocycles. The van der Waals surface area contributed by atoms with Gasteiger partial charge in [-0.25, -0.2) is 0 Å². The van der Waals surface area contributed by atoms with Gasteiger partial charge in [-0.05, 0) is 24.1 Å². The highest BCUT2D eigenvalue weighted by Crippen LogP contribution is 2.45. The Morgan fingerprint density at radius 2 is 1.74 bits per heavy atom. The summed E-state index contributed by atoms with van der Waals surface area (Å²) in [5.74, 6) is -0.519. The largest absolute Gasteiger partial charge is 0.504 e. The van der Waals surface area contributed by atoms with Crippen molar-refractivity contribution in [2.75, 3.05) is 6.61 Å². The molecule has 0 atom stereocenters. The van der Waals surface area contributed by atoms with Crippen molar-refractivity contribution in [3.63, 3.8) is 0 Å². The average Bonchev–Trinajstić information content (AvgIpc) is 2.59. The Bertz CT molecular complexity index is 906. The lowest BCUT2D eigenvalue weighted by molar-refractivity contribution is 0.0976. The number of ether oxygens (including phenoxy) is 1. The molecular weight excluding hydrogens is 292 g/mol. The predicted molar refractivity (Wildman–Crippen MR) is 85.2 cm³/mol. The third-order valence-electron chi connectivity index (χ3n) is 4.43. The fourth-order valence-corrected chi connectivity index (χ4v) is 3.27. The highest BCUT2D eigenvalue weighted by atomic mass is 16.5. The molecule has 0 bridgehead atoms. The molecule has 2 aromatic rings. The van der Waals surface area contributed by atoms with Crippen LogP contribution in [0.5, 0.6) is 11.5 Å². The standard InChI is InChI=1S/C19H14O4/c1-2-10-7-8-23-19-13(10)9-14-15(18(19)22)17(21)12-6-4-3-5-11(12)16(14)20/h3-7,9,22H,2,8H2,1H3. The van der Waals surface area contributed by atoms with E-state index >= 15 is 0 Å². The van der Waals surface area contributed by atoms with E-state index in [4.69, 9.17) is 4.74 Å². The summed E-state index contributed by atoms with van der Waals surface area (Å²) >= 11 is 0. The molecule has 4 nitrogen and oxygen atoms in total. The molecule has 1 heterocycles. The number of hydrogen-bond acceptors (Lipinski definition) is 4. The van der Waals surface area contributed by atoms with Crippen LogP contribution in [0.25, 0.3) is 5.57 Å². The lowest BCUT2D eigenvalue weighted by Crippen LogP contribution is -2.22. The normalized spacial score (nSPS) is 15.3. The van der Waals surface area contributed by atoms with Gasteiger partial charge in [0.2, 0.25) is 0 Å². The number of carbonyl (C=O) groups is 2. The Hall–Kier alpha value is -2.88. The van der Waals surface area contributed by atoms with Crippen LogP contribution in [-0.2, 0) is 0 Å². The number of aromatic hydroxyl groups is 1. The minimum atomic E-state index is -0.341. The van der Waals surface area contributed by atoms with Crippen molar-refractivity contribution in [3.05, 3.63) is 64.2 Å². The van der Waals surface area contributed by atoms with Crippen LogP contribution in [0.1, 0.15) is 50.8 Å². The topological polar surface area (TPSA) is 63.6 Å². The number of benzene rings is 2. The van der Waals surface area contributed by atoms with Gasteiger partial charge in [0.05, 0.1) is 5.56 Å². The summed E-state index contributed by atoms with van der Waals surface area (Å²) in [6.07, 6.45) is 2.69. The van der Waals surface area contributed by atoms with Crippen LogP contribution in [-0.4, -0.2) is 23.3 Å². The van der Waals surface area contributed by atoms with E-state index in [0.29, 0.717) is 29.0 Å². The van der Waals surface area contributed by atoms with E-state index in [0.717, 1.165) is 12.0 Å². The highest BCUT2D eigenvalue weighted by Gasteiger charge is 2.35. The lowest BCUT2D eigenvalue weighted by atomic mass is 9.81. The molecule has 1 aliphatic heterocycles. The van der Waals surface area contributed by atoms with Gasteiger partial charge in [-0.15, -0.1) is 0 Å². The fourth-order valence-electron chi connectivity index (χ4n) is 3.27. The molecule has 2 aromatic carbocycles. The molecule has 23 heavy (non-hydrogen) atoms. The van der Waals surface area contributed by atoms with Gasteiger partial charge in [0.25, 0.3) is 0 Å². The van der Waals surface area contributed by atoms with Crippen LogP contribution in [0.15, 0.2) is 36.4 Å². The molecule has 0 spiro atoms. The van der Waals surface area contributed by atoms with Crippen LogP contribution in [0.4, 0.5) is 0 Å². The van der Waals surface area contributed by atoms with E-state index in [9.17, 15) is 14.7 Å². The summed E-state index contributed by atoms with van der Waals surface area (Å²) in [6, 6.07) is 8.36. The maximum atomic E-state index is 12.8. The second-order valence-electron chi connectivity index (χ2n) is 5.62. The summed E-state index contributed by atoms with van der Waals surface area (Å²) in [5.41, 5.74) is 2.68. The Kier molecular flexibility index (Phi) is 2.88. The molecule has 0 radical (unpaired) electrons. The Labute approximate surface area is 133 Å². The van der Waals surface area contributed by atoms with E-state index in [1.54, 1.807) is 30.3 Å². The van der Waals surface area contributed by atoms with Gasteiger partial charge in [0, 0.05) is 22.3 Å². The van der Waals surface area contributed by atoms with Gasteiger partial charge in [-0.1, -0.05) is 31.2 Å². The van der Waals surface area contributed by atoms with Crippen molar-refractivity contribution in [1.29, 1.82) is 0 Å². The number of phenols is 1. The van der Waals surface area contributed by atoms with E-state index in [-0.39, 0.29) is 28.4 Å². The summed E-state index contributed by atoms with van der Waals surface area (Å²) in [4.78, 5) is 25.5. The minimum absolute atomic E-state index is 0.0461. The van der Waals surface area contributed by atoms with Crippen LogP contribution < -0.4 is 4.74 Å². The average molecular weight is 306 g/mol. The molecule has 0 amide bonds. The molecule has 0 fully saturated rings. The molecule has 0 saturated carbocycles. The Morgan fingerprint density at radius 3 is 2.43 bits per heavy atom.